The Labute approximate surface area is 106 Å². The molecule has 0 aliphatic heterocycles. The maximum atomic E-state index is 11.7. The van der Waals surface area contributed by atoms with Crippen LogP contribution in [0.2, 0.25) is 0 Å². The molecule has 0 fully saturated rings. The van der Waals surface area contributed by atoms with Gasteiger partial charge in [0.2, 0.25) is 0 Å². The topological polar surface area (TPSA) is 61.2 Å². The van der Waals surface area contributed by atoms with E-state index in [2.05, 4.69) is 18.1 Å². The maximum Gasteiger partial charge on any atom is 0.333 e. The van der Waals surface area contributed by atoms with Crippen LogP contribution in [-0.2, 0) is 16.0 Å². The Morgan fingerprint density at radius 3 is 2.56 bits per heavy atom. The number of ether oxygens (including phenoxy) is 1. The normalized spacial score (nSPS) is 9.89. The van der Waals surface area contributed by atoms with Gasteiger partial charge in [-0.2, -0.15) is 0 Å². The highest BCUT2D eigenvalue weighted by atomic mass is 16.5. The first kappa shape index (κ1) is 13.9. The molecular formula is C13H16N2O3. The van der Waals surface area contributed by atoms with Crippen LogP contribution in [0.4, 0.5) is 0 Å². The van der Waals surface area contributed by atoms with Crippen molar-refractivity contribution in [1.29, 1.82) is 0 Å². The second kappa shape index (κ2) is 5.95. The van der Waals surface area contributed by atoms with Crippen molar-refractivity contribution in [3.05, 3.63) is 42.5 Å². The van der Waals surface area contributed by atoms with Crippen LogP contribution >= 0.6 is 0 Å². The molecule has 18 heavy (non-hydrogen) atoms. The second-order valence-electron chi connectivity index (χ2n) is 3.97. The van der Waals surface area contributed by atoms with Gasteiger partial charge in [-0.05, 0) is 13.8 Å². The third-order valence-corrected chi connectivity index (χ3v) is 2.21. The van der Waals surface area contributed by atoms with Gasteiger partial charge < -0.3 is 4.74 Å². The molecule has 0 aromatic carbocycles. The Kier molecular flexibility index (Phi) is 4.59. The van der Waals surface area contributed by atoms with Crippen LogP contribution in [0.25, 0.3) is 0 Å². The molecule has 1 aromatic heterocycles. The van der Waals surface area contributed by atoms with E-state index in [4.69, 9.17) is 4.74 Å². The van der Waals surface area contributed by atoms with Gasteiger partial charge in [0.1, 0.15) is 5.82 Å². The lowest BCUT2D eigenvalue weighted by Gasteiger charge is -2.07. The van der Waals surface area contributed by atoms with Crippen molar-refractivity contribution >= 4 is 11.9 Å². The van der Waals surface area contributed by atoms with E-state index in [9.17, 15) is 9.59 Å². The predicted molar refractivity (Wildman–Crippen MR) is 67.1 cm³/mol. The Bertz CT molecular complexity index is 500. The number of hydrogen-bond donors (Lipinski definition) is 0. The fourth-order valence-electron chi connectivity index (χ4n) is 1.27. The van der Waals surface area contributed by atoms with Crippen molar-refractivity contribution < 1.29 is 14.3 Å². The van der Waals surface area contributed by atoms with Gasteiger partial charge in [0.25, 0.3) is 5.91 Å². The first-order valence-corrected chi connectivity index (χ1v) is 5.48. The molecule has 0 radical (unpaired) electrons. The van der Waals surface area contributed by atoms with Crippen molar-refractivity contribution in [1.82, 2.24) is 9.55 Å². The highest BCUT2D eigenvalue weighted by molar-refractivity contribution is 5.94. The lowest BCUT2D eigenvalue weighted by molar-refractivity contribution is -0.138. The van der Waals surface area contributed by atoms with Crippen LogP contribution in [0.1, 0.15) is 24.5 Å². The molecule has 1 rings (SSSR count). The van der Waals surface area contributed by atoms with Gasteiger partial charge in [0.15, 0.2) is 0 Å². The molecule has 0 aliphatic carbocycles. The zero-order valence-electron chi connectivity index (χ0n) is 10.6. The molecule has 0 unspecified atom stereocenters. The van der Waals surface area contributed by atoms with E-state index < -0.39 is 5.97 Å². The number of rotatable bonds is 5. The van der Waals surface area contributed by atoms with Crippen LogP contribution in [0.15, 0.2) is 36.7 Å². The molecular weight excluding hydrogens is 232 g/mol. The summed E-state index contributed by atoms with van der Waals surface area (Å²) in [5, 5.41) is 0. The first-order valence-electron chi connectivity index (χ1n) is 5.48. The van der Waals surface area contributed by atoms with Gasteiger partial charge in [0, 0.05) is 30.0 Å². The summed E-state index contributed by atoms with van der Waals surface area (Å²) in [7, 11) is 0. The third-order valence-electron chi connectivity index (χ3n) is 2.21. The smallest absolute Gasteiger partial charge is 0.333 e. The van der Waals surface area contributed by atoms with E-state index in [1.807, 2.05) is 0 Å². The predicted octanol–water partition coefficient (Wildman–Crippen LogP) is 1.76. The lowest BCUT2D eigenvalue weighted by Crippen LogP contribution is -2.16. The molecule has 0 saturated heterocycles. The molecule has 0 amide bonds. The largest absolute Gasteiger partial charge is 0.462 e. The molecule has 96 valence electrons. The summed E-state index contributed by atoms with van der Waals surface area (Å²) >= 11 is 0. The summed E-state index contributed by atoms with van der Waals surface area (Å²) in [6, 6.07) is 0. The molecule has 0 aliphatic rings. The Balaban J connectivity index is 2.61. The summed E-state index contributed by atoms with van der Waals surface area (Å²) in [4.78, 5) is 27.0. The van der Waals surface area contributed by atoms with Crippen molar-refractivity contribution in [3.63, 3.8) is 0 Å². The Hall–Kier alpha value is -2.17. The number of allylic oxidation sites excluding steroid dienone is 1. The minimum Gasteiger partial charge on any atom is -0.462 e. The van der Waals surface area contributed by atoms with E-state index in [1.165, 1.54) is 10.8 Å². The summed E-state index contributed by atoms with van der Waals surface area (Å²) in [5.41, 5.74) is 0.768. The van der Waals surface area contributed by atoms with Crippen LogP contribution in [0, 0.1) is 0 Å². The summed E-state index contributed by atoms with van der Waals surface area (Å²) < 4.78 is 6.35. The molecule has 0 saturated carbocycles. The fraction of sp³-hybridized carbons (Fsp3) is 0.308. The summed E-state index contributed by atoms with van der Waals surface area (Å²) in [6.07, 6.45) is 3.45. The number of imidazole rings is 1. The Morgan fingerprint density at radius 1 is 1.33 bits per heavy atom. The summed E-state index contributed by atoms with van der Waals surface area (Å²) in [5.74, 6) is -0.120. The maximum absolute atomic E-state index is 11.7. The molecule has 0 bridgehead atoms. The van der Waals surface area contributed by atoms with Crippen molar-refractivity contribution in [2.75, 3.05) is 6.61 Å². The molecule has 5 heteroatoms. The quantitative estimate of drug-likeness (QED) is 0.588. The zero-order chi connectivity index (χ0) is 13.7. The number of esters is 1. The SMILES string of the molecule is C=C(C)C(=O)OCCc1nccn1C(=O)C(=C)C. The highest BCUT2D eigenvalue weighted by Crippen LogP contribution is 2.04. The van der Waals surface area contributed by atoms with Gasteiger partial charge in [-0.25, -0.2) is 9.78 Å². The molecule has 0 atom stereocenters. The molecule has 1 heterocycles. The fourth-order valence-corrected chi connectivity index (χ4v) is 1.27. The van der Waals surface area contributed by atoms with E-state index >= 15 is 0 Å². The standard InChI is InChI=1S/C13H16N2O3/c1-9(2)12(16)15-7-6-14-11(15)5-8-18-13(17)10(3)4/h6-7H,1,3,5,8H2,2,4H3. The van der Waals surface area contributed by atoms with Crippen molar-refractivity contribution in [2.45, 2.75) is 20.3 Å². The van der Waals surface area contributed by atoms with E-state index in [0.717, 1.165) is 0 Å². The van der Waals surface area contributed by atoms with Crippen LogP contribution in [0.5, 0.6) is 0 Å². The highest BCUT2D eigenvalue weighted by Gasteiger charge is 2.11. The van der Waals surface area contributed by atoms with Crippen LogP contribution in [0.3, 0.4) is 0 Å². The molecule has 5 nitrogen and oxygen atoms in total. The third kappa shape index (κ3) is 3.41. The Morgan fingerprint density at radius 2 is 2.00 bits per heavy atom. The van der Waals surface area contributed by atoms with Gasteiger partial charge in [-0.3, -0.25) is 9.36 Å². The zero-order valence-corrected chi connectivity index (χ0v) is 10.6. The number of carbonyl (C=O) groups excluding carboxylic acids is 2. The lowest BCUT2D eigenvalue weighted by atomic mass is 10.3. The van der Waals surface area contributed by atoms with Crippen molar-refractivity contribution in [3.8, 4) is 0 Å². The monoisotopic (exact) mass is 248 g/mol. The molecule has 0 spiro atoms. The van der Waals surface area contributed by atoms with Gasteiger partial charge in [-0.15, -0.1) is 0 Å². The van der Waals surface area contributed by atoms with E-state index in [1.54, 1.807) is 20.0 Å². The number of nitrogens with zero attached hydrogens (tertiary/aromatic N) is 2. The minimum atomic E-state index is -0.445. The van der Waals surface area contributed by atoms with Gasteiger partial charge in [0.05, 0.1) is 6.61 Å². The van der Waals surface area contributed by atoms with Gasteiger partial charge in [-0.1, -0.05) is 13.2 Å². The first-order chi connectivity index (χ1) is 8.43. The van der Waals surface area contributed by atoms with Crippen LogP contribution in [-0.4, -0.2) is 28.0 Å². The van der Waals surface area contributed by atoms with Crippen LogP contribution < -0.4 is 0 Å². The summed E-state index contributed by atoms with van der Waals surface area (Å²) in [6.45, 7) is 10.4. The van der Waals surface area contributed by atoms with E-state index in [-0.39, 0.29) is 12.5 Å². The van der Waals surface area contributed by atoms with Gasteiger partial charge >= 0.3 is 5.97 Å². The molecule has 0 N–H and O–H groups in total. The average molecular weight is 248 g/mol. The number of carbonyl (C=O) groups is 2. The van der Waals surface area contributed by atoms with Crippen molar-refractivity contribution in [2.24, 2.45) is 0 Å². The molecule has 1 aromatic rings. The average Bonchev–Trinajstić information content (AvgIpc) is 2.75. The minimum absolute atomic E-state index is 0.159. The number of hydrogen-bond acceptors (Lipinski definition) is 4. The second-order valence-corrected chi connectivity index (χ2v) is 3.97. The number of aromatic nitrogens is 2. The van der Waals surface area contributed by atoms with E-state index in [0.29, 0.717) is 23.4 Å².